The Morgan fingerprint density at radius 3 is 1.32 bits per heavy atom. The van der Waals surface area contributed by atoms with Crippen molar-refractivity contribution in [3.05, 3.63) is 0 Å². The van der Waals surface area contributed by atoms with E-state index in [1.54, 1.807) is 0 Å². The van der Waals surface area contributed by atoms with Gasteiger partial charge < -0.3 is 5.11 Å². The third-order valence-corrected chi connectivity index (χ3v) is 9.65. The van der Waals surface area contributed by atoms with E-state index in [1.807, 2.05) is 0 Å². The van der Waals surface area contributed by atoms with Crippen molar-refractivity contribution in [1.29, 1.82) is 0 Å². The van der Waals surface area contributed by atoms with Crippen molar-refractivity contribution >= 4 is 0 Å². The Hall–Kier alpha value is -0.120. The molecular formula is C35H70O3. The maximum Gasteiger partial charge on any atom is 0.0927 e. The van der Waals surface area contributed by atoms with E-state index in [0.29, 0.717) is 17.8 Å². The van der Waals surface area contributed by atoms with Gasteiger partial charge in [-0.05, 0) is 60.7 Å². The summed E-state index contributed by atoms with van der Waals surface area (Å²) < 4.78 is 0. The van der Waals surface area contributed by atoms with E-state index >= 15 is 0 Å². The van der Waals surface area contributed by atoms with Gasteiger partial charge in [0.25, 0.3) is 0 Å². The van der Waals surface area contributed by atoms with Crippen LogP contribution in [0.25, 0.3) is 0 Å². The number of aliphatic hydroxyl groups is 1. The topological polar surface area (TPSA) is 49.7 Å². The Morgan fingerprint density at radius 1 is 0.605 bits per heavy atom. The highest BCUT2D eigenvalue weighted by atomic mass is 17.1. The molecule has 0 radical (unpaired) electrons. The summed E-state index contributed by atoms with van der Waals surface area (Å²) in [7, 11) is 0. The lowest BCUT2D eigenvalue weighted by molar-refractivity contribution is -0.282. The van der Waals surface area contributed by atoms with Crippen molar-refractivity contribution in [2.45, 2.75) is 196 Å². The van der Waals surface area contributed by atoms with Gasteiger partial charge in [0.05, 0.1) is 12.2 Å². The van der Waals surface area contributed by atoms with Gasteiger partial charge in [-0.2, -0.15) is 0 Å². The number of unbranched alkanes of at least 4 members (excludes halogenated alkanes) is 15. The molecule has 38 heavy (non-hydrogen) atoms. The minimum absolute atomic E-state index is 0.0327. The smallest absolute Gasteiger partial charge is 0.0927 e. The SMILES string of the molecule is CCCCCCCCCCCCCCCCCCC(CCC1CC(C(C)(C)C)C(O)C(C(C)(C)C)C1)OO. The van der Waals surface area contributed by atoms with Crippen LogP contribution in [-0.4, -0.2) is 22.6 Å². The molecule has 0 aliphatic heterocycles. The molecule has 0 spiro atoms. The maximum absolute atomic E-state index is 11.2. The first-order valence-corrected chi connectivity index (χ1v) is 17.0. The van der Waals surface area contributed by atoms with Crippen LogP contribution in [0.4, 0.5) is 0 Å². The molecule has 1 saturated carbocycles. The number of hydrogen-bond acceptors (Lipinski definition) is 3. The zero-order chi connectivity index (χ0) is 28.4. The Kier molecular flexibility index (Phi) is 18.8. The monoisotopic (exact) mass is 539 g/mol. The molecule has 2 N–H and O–H groups in total. The molecule has 0 heterocycles. The van der Waals surface area contributed by atoms with Gasteiger partial charge in [0.2, 0.25) is 0 Å². The molecule has 0 amide bonds. The zero-order valence-electron chi connectivity index (χ0n) is 27.0. The maximum atomic E-state index is 11.2. The summed E-state index contributed by atoms with van der Waals surface area (Å²) >= 11 is 0. The summed E-state index contributed by atoms with van der Waals surface area (Å²) in [5, 5.41) is 20.7. The number of aliphatic hydroxyl groups excluding tert-OH is 1. The van der Waals surface area contributed by atoms with Crippen LogP contribution >= 0.6 is 0 Å². The van der Waals surface area contributed by atoms with E-state index in [2.05, 4.69) is 48.5 Å². The van der Waals surface area contributed by atoms with Crippen molar-refractivity contribution in [3.8, 4) is 0 Å². The first kappa shape index (κ1) is 35.9. The minimum Gasteiger partial charge on any atom is -0.393 e. The highest BCUT2D eigenvalue weighted by Gasteiger charge is 2.45. The molecule has 0 aromatic rings. The standard InChI is InChI=1S/C35H70O3/c1-8-9-10-11-12-13-14-15-16-17-18-19-20-21-22-23-24-30(38-37)26-25-29-27-31(34(2,3)4)33(36)32(28-29)35(5,6)7/h29-33,36-37H,8-28H2,1-7H3. The average molecular weight is 539 g/mol. The van der Waals surface area contributed by atoms with Gasteiger partial charge >= 0.3 is 0 Å². The lowest BCUT2D eigenvalue weighted by Gasteiger charge is -2.49. The summed E-state index contributed by atoms with van der Waals surface area (Å²) in [6, 6.07) is 0. The molecule has 3 nitrogen and oxygen atoms in total. The van der Waals surface area contributed by atoms with Crippen LogP contribution in [0.3, 0.4) is 0 Å². The van der Waals surface area contributed by atoms with Gasteiger partial charge in [0, 0.05) is 0 Å². The molecule has 3 unspecified atom stereocenters. The van der Waals surface area contributed by atoms with Gasteiger partial charge in [-0.25, -0.2) is 4.89 Å². The van der Waals surface area contributed by atoms with Crippen molar-refractivity contribution < 1.29 is 15.3 Å². The Labute approximate surface area is 239 Å². The highest BCUT2D eigenvalue weighted by molar-refractivity contribution is 4.95. The third kappa shape index (κ3) is 15.6. The van der Waals surface area contributed by atoms with Crippen molar-refractivity contribution in [1.82, 2.24) is 0 Å². The molecule has 1 fully saturated rings. The molecule has 228 valence electrons. The molecule has 1 aliphatic carbocycles. The molecule has 3 atom stereocenters. The first-order chi connectivity index (χ1) is 18.0. The molecule has 0 aromatic carbocycles. The first-order valence-electron chi connectivity index (χ1n) is 17.0. The van der Waals surface area contributed by atoms with E-state index < -0.39 is 0 Å². The van der Waals surface area contributed by atoms with E-state index in [-0.39, 0.29) is 23.0 Å². The van der Waals surface area contributed by atoms with Gasteiger partial charge in [-0.1, -0.05) is 151 Å². The quantitative estimate of drug-likeness (QED) is 0.0867. The fourth-order valence-electron chi connectivity index (χ4n) is 6.93. The highest BCUT2D eigenvalue weighted by Crippen LogP contribution is 2.49. The summed E-state index contributed by atoms with van der Waals surface area (Å²) in [4.78, 5) is 4.93. The van der Waals surface area contributed by atoms with Crippen LogP contribution in [0.5, 0.6) is 0 Å². The Morgan fingerprint density at radius 2 is 0.974 bits per heavy atom. The second-order valence-electron chi connectivity index (χ2n) is 15.2. The second kappa shape index (κ2) is 19.9. The molecule has 0 bridgehead atoms. The van der Waals surface area contributed by atoms with Crippen molar-refractivity contribution in [2.75, 3.05) is 0 Å². The summed E-state index contributed by atoms with van der Waals surface area (Å²) in [6.45, 7) is 16.0. The van der Waals surface area contributed by atoms with E-state index in [4.69, 9.17) is 4.89 Å². The second-order valence-corrected chi connectivity index (χ2v) is 15.2. The molecule has 1 rings (SSSR count). The Bertz CT molecular complexity index is 522. The van der Waals surface area contributed by atoms with E-state index in [9.17, 15) is 10.4 Å². The lowest BCUT2D eigenvalue weighted by Crippen LogP contribution is -2.47. The molecular weight excluding hydrogens is 468 g/mol. The van der Waals surface area contributed by atoms with Crippen LogP contribution in [0.1, 0.15) is 183 Å². The summed E-state index contributed by atoms with van der Waals surface area (Å²) in [6.07, 6.45) is 27.1. The zero-order valence-corrected chi connectivity index (χ0v) is 27.0. The normalized spacial score (nSPS) is 23.6. The minimum atomic E-state index is -0.221. The number of rotatable bonds is 21. The average Bonchev–Trinajstić information content (AvgIpc) is 2.84. The molecule has 0 saturated heterocycles. The van der Waals surface area contributed by atoms with Gasteiger partial charge in [-0.3, -0.25) is 5.26 Å². The molecule has 1 aliphatic rings. The van der Waals surface area contributed by atoms with E-state index in [1.165, 1.54) is 96.3 Å². The summed E-state index contributed by atoms with van der Waals surface area (Å²) in [5.74, 6) is 1.27. The van der Waals surface area contributed by atoms with Crippen LogP contribution in [-0.2, 0) is 4.89 Å². The lowest BCUT2D eigenvalue weighted by atomic mass is 9.58. The summed E-state index contributed by atoms with van der Waals surface area (Å²) in [5.41, 5.74) is 0.226. The fourth-order valence-corrected chi connectivity index (χ4v) is 6.93. The van der Waals surface area contributed by atoms with Gasteiger partial charge in [0.15, 0.2) is 0 Å². The predicted molar refractivity (Wildman–Crippen MR) is 166 cm³/mol. The van der Waals surface area contributed by atoms with Crippen LogP contribution in [0.15, 0.2) is 0 Å². The van der Waals surface area contributed by atoms with Crippen LogP contribution < -0.4 is 0 Å². The van der Waals surface area contributed by atoms with Gasteiger partial charge in [-0.15, -0.1) is 0 Å². The van der Waals surface area contributed by atoms with Crippen molar-refractivity contribution in [2.24, 2.45) is 28.6 Å². The third-order valence-electron chi connectivity index (χ3n) is 9.65. The molecule has 0 aromatic heterocycles. The predicted octanol–water partition coefficient (Wildman–Crippen LogP) is 11.4. The van der Waals surface area contributed by atoms with E-state index in [0.717, 1.165) is 38.5 Å². The molecule has 3 heteroatoms. The van der Waals surface area contributed by atoms with Crippen LogP contribution in [0.2, 0.25) is 0 Å². The Balaban J connectivity index is 2.14. The van der Waals surface area contributed by atoms with Crippen molar-refractivity contribution in [3.63, 3.8) is 0 Å². The van der Waals surface area contributed by atoms with Gasteiger partial charge in [0.1, 0.15) is 0 Å². The number of hydrogen-bond donors (Lipinski definition) is 2. The van der Waals surface area contributed by atoms with Crippen LogP contribution in [0, 0.1) is 28.6 Å². The fraction of sp³-hybridized carbons (Fsp3) is 1.00. The largest absolute Gasteiger partial charge is 0.393 e.